The molecule has 1 fully saturated rings. The molecule has 4 nitrogen and oxygen atoms in total. The molecule has 4 heteroatoms. The molecule has 1 saturated heterocycles. The summed E-state index contributed by atoms with van der Waals surface area (Å²) < 4.78 is 5.56. The number of amides is 1. The maximum absolute atomic E-state index is 12.2. The number of rotatable bonds is 6. The van der Waals surface area contributed by atoms with Gasteiger partial charge < -0.3 is 15.0 Å². The molecule has 114 valence electrons. The fourth-order valence-electron chi connectivity index (χ4n) is 2.66. The van der Waals surface area contributed by atoms with Gasteiger partial charge in [-0.2, -0.15) is 0 Å². The molecule has 0 spiro atoms. The third kappa shape index (κ3) is 4.33. The highest BCUT2D eigenvalue weighted by Crippen LogP contribution is 2.20. The molecule has 21 heavy (non-hydrogen) atoms. The lowest BCUT2D eigenvalue weighted by molar-refractivity contribution is -0.125. The summed E-state index contributed by atoms with van der Waals surface area (Å²) in [6.07, 6.45) is 4.58. The fraction of sp³-hybridized carbons (Fsp3) is 0.471. The van der Waals surface area contributed by atoms with Crippen molar-refractivity contribution >= 4 is 12.0 Å². The van der Waals surface area contributed by atoms with Crippen molar-refractivity contribution in [1.82, 2.24) is 10.2 Å². The first-order valence-electron chi connectivity index (χ1n) is 7.58. The smallest absolute Gasteiger partial charge is 0.246 e. The van der Waals surface area contributed by atoms with Gasteiger partial charge in [0, 0.05) is 24.7 Å². The van der Waals surface area contributed by atoms with Crippen LogP contribution in [-0.2, 0) is 4.79 Å². The van der Waals surface area contributed by atoms with Crippen LogP contribution in [0.2, 0.25) is 0 Å². The van der Waals surface area contributed by atoms with E-state index in [1.54, 1.807) is 6.08 Å². The van der Waals surface area contributed by atoms with E-state index in [1.165, 1.54) is 0 Å². The van der Waals surface area contributed by atoms with Crippen LogP contribution in [0.1, 0.15) is 18.9 Å². The summed E-state index contributed by atoms with van der Waals surface area (Å²) in [5.41, 5.74) is 0.943. The Morgan fingerprint density at radius 2 is 2.29 bits per heavy atom. The third-order valence-electron chi connectivity index (χ3n) is 3.71. The number of carbonyl (C=O) groups is 1. The van der Waals surface area contributed by atoms with Crippen LogP contribution >= 0.6 is 0 Å². The molecule has 0 saturated carbocycles. The number of para-hydroxylation sites is 1. The van der Waals surface area contributed by atoms with Gasteiger partial charge in [0.05, 0.1) is 6.61 Å². The molecular formula is C17H24N2O2. The van der Waals surface area contributed by atoms with Crippen LogP contribution in [0.4, 0.5) is 0 Å². The van der Waals surface area contributed by atoms with Gasteiger partial charge in [0.2, 0.25) is 5.91 Å². The van der Waals surface area contributed by atoms with Gasteiger partial charge in [-0.1, -0.05) is 18.2 Å². The molecule has 0 aliphatic carbocycles. The van der Waals surface area contributed by atoms with E-state index in [0.29, 0.717) is 12.5 Å². The van der Waals surface area contributed by atoms with E-state index in [2.05, 4.69) is 5.32 Å². The first kappa shape index (κ1) is 15.6. The molecular weight excluding hydrogens is 264 g/mol. The largest absolute Gasteiger partial charge is 0.493 e. The molecule has 0 aromatic heterocycles. The summed E-state index contributed by atoms with van der Waals surface area (Å²) >= 11 is 0. The third-order valence-corrected chi connectivity index (χ3v) is 3.71. The molecule has 0 radical (unpaired) electrons. The van der Waals surface area contributed by atoms with Gasteiger partial charge in [0.25, 0.3) is 0 Å². The number of nitrogens with zero attached hydrogens (tertiary/aromatic N) is 1. The van der Waals surface area contributed by atoms with E-state index in [1.807, 2.05) is 49.2 Å². The predicted octanol–water partition coefficient (Wildman–Crippen LogP) is 2.17. The van der Waals surface area contributed by atoms with E-state index in [9.17, 15) is 4.79 Å². The minimum Gasteiger partial charge on any atom is -0.493 e. The van der Waals surface area contributed by atoms with Gasteiger partial charge in [-0.3, -0.25) is 4.79 Å². The number of benzene rings is 1. The highest BCUT2D eigenvalue weighted by molar-refractivity contribution is 5.92. The summed E-state index contributed by atoms with van der Waals surface area (Å²) in [6, 6.07) is 7.77. The van der Waals surface area contributed by atoms with E-state index >= 15 is 0 Å². The highest BCUT2D eigenvalue weighted by atomic mass is 16.5. The fourth-order valence-corrected chi connectivity index (χ4v) is 2.66. The highest BCUT2D eigenvalue weighted by Gasteiger charge is 2.24. The van der Waals surface area contributed by atoms with Crippen molar-refractivity contribution in [1.29, 1.82) is 0 Å². The SMILES string of the molecule is CCOc1ccccc1C=CC(=O)N1CCC(CNC)C1. The lowest BCUT2D eigenvalue weighted by atomic mass is 10.1. The standard InChI is InChI=1S/C17H24N2O2/c1-3-21-16-7-5-4-6-15(16)8-9-17(20)19-11-10-14(13-19)12-18-2/h4-9,14,18H,3,10-13H2,1-2H3. The number of hydrogen-bond donors (Lipinski definition) is 1. The van der Waals surface area contributed by atoms with Crippen LogP contribution in [0.25, 0.3) is 6.08 Å². The molecule has 1 amide bonds. The summed E-state index contributed by atoms with van der Waals surface area (Å²) in [7, 11) is 1.95. The van der Waals surface area contributed by atoms with Gasteiger partial charge in [-0.05, 0) is 45.0 Å². The topological polar surface area (TPSA) is 41.6 Å². The van der Waals surface area contributed by atoms with Crippen LogP contribution in [-0.4, -0.2) is 44.1 Å². The van der Waals surface area contributed by atoms with E-state index in [4.69, 9.17) is 4.74 Å². The van der Waals surface area contributed by atoms with Gasteiger partial charge in [0.15, 0.2) is 0 Å². The molecule has 1 heterocycles. The van der Waals surface area contributed by atoms with Crippen molar-refractivity contribution in [2.75, 3.05) is 33.3 Å². The molecule has 1 atom stereocenters. The summed E-state index contributed by atoms with van der Waals surface area (Å²) in [6.45, 7) is 5.24. The van der Waals surface area contributed by atoms with E-state index in [-0.39, 0.29) is 5.91 Å². The number of hydrogen-bond acceptors (Lipinski definition) is 3. The maximum atomic E-state index is 12.2. The second-order valence-electron chi connectivity index (χ2n) is 5.30. The lowest BCUT2D eigenvalue weighted by Gasteiger charge is -2.14. The Morgan fingerprint density at radius 1 is 1.48 bits per heavy atom. The molecule has 1 N–H and O–H groups in total. The Labute approximate surface area is 126 Å². The Kier molecular flexibility index (Phi) is 5.81. The van der Waals surface area contributed by atoms with Crippen LogP contribution in [0.5, 0.6) is 5.75 Å². The summed E-state index contributed by atoms with van der Waals surface area (Å²) in [4.78, 5) is 14.1. The zero-order valence-electron chi connectivity index (χ0n) is 12.8. The average molecular weight is 288 g/mol. The second kappa shape index (κ2) is 7.84. The van der Waals surface area contributed by atoms with Crippen LogP contribution in [0.15, 0.2) is 30.3 Å². The second-order valence-corrected chi connectivity index (χ2v) is 5.30. The quantitative estimate of drug-likeness (QED) is 0.816. The Balaban J connectivity index is 1.96. The van der Waals surface area contributed by atoms with E-state index in [0.717, 1.165) is 37.4 Å². The molecule has 2 rings (SSSR count). The minimum atomic E-state index is 0.0832. The van der Waals surface area contributed by atoms with Crippen molar-refractivity contribution in [3.63, 3.8) is 0 Å². The number of nitrogens with one attached hydrogen (secondary N) is 1. The number of ether oxygens (including phenoxy) is 1. The molecule has 1 aromatic carbocycles. The number of carbonyl (C=O) groups excluding carboxylic acids is 1. The van der Waals surface area contributed by atoms with Gasteiger partial charge in [-0.15, -0.1) is 0 Å². The van der Waals surface area contributed by atoms with Crippen molar-refractivity contribution in [2.24, 2.45) is 5.92 Å². The molecule has 1 aromatic rings. The molecule has 0 bridgehead atoms. The lowest BCUT2D eigenvalue weighted by Crippen LogP contribution is -2.28. The van der Waals surface area contributed by atoms with Crippen molar-refractivity contribution < 1.29 is 9.53 Å². The van der Waals surface area contributed by atoms with Crippen LogP contribution in [0, 0.1) is 5.92 Å². The minimum absolute atomic E-state index is 0.0832. The Hall–Kier alpha value is -1.81. The first-order valence-corrected chi connectivity index (χ1v) is 7.58. The number of likely N-dealkylation sites (tertiary alicyclic amines) is 1. The molecule has 1 aliphatic rings. The van der Waals surface area contributed by atoms with Crippen LogP contribution < -0.4 is 10.1 Å². The van der Waals surface area contributed by atoms with Gasteiger partial charge in [-0.25, -0.2) is 0 Å². The monoisotopic (exact) mass is 288 g/mol. The average Bonchev–Trinajstić information content (AvgIpc) is 2.95. The molecule has 1 unspecified atom stereocenters. The van der Waals surface area contributed by atoms with Crippen molar-refractivity contribution in [2.45, 2.75) is 13.3 Å². The Morgan fingerprint density at radius 3 is 3.05 bits per heavy atom. The van der Waals surface area contributed by atoms with Crippen LogP contribution in [0.3, 0.4) is 0 Å². The van der Waals surface area contributed by atoms with Crippen molar-refractivity contribution in [3.8, 4) is 5.75 Å². The zero-order chi connectivity index (χ0) is 15.1. The maximum Gasteiger partial charge on any atom is 0.246 e. The Bertz CT molecular complexity index is 499. The van der Waals surface area contributed by atoms with Gasteiger partial charge in [0.1, 0.15) is 5.75 Å². The molecule has 1 aliphatic heterocycles. The normalized spacial score (nSPS) is 18.4. The van der Waals surface area contributed by atoms with E-state index < -0.39 is 0 Å². The van der Waals surface area contributed by atoms with Gasteiger partial charge >= 0.3 is 0 Å². The predicted molar refractivity (Wildman–Crippen MR) is 85.3 cm³/mol. The summed E-state index contributed by atoms with van der Waals surface area (Å²) in [5.74, 6) is 1.47. The first-order chi connectivity index (χ1) is 10.2. The zero-order valence-corrected chi connectivity index (χ0v) is 12.8. The van der Waals surface area contributed by atoms with Crippen molar-refractivity contribution in [3.05, 3.63) is 35.9 Å². The summed E-state index contributed by atoms with van der Waals surface area (Å²) in [5, 5.41) is 3.18.